The highest BCUT2D eigenvalue weighted by molar-refractivity contribution is 9.10. The topological polar surface area (TPSA) is 89.2 Å². The first-order chi connectivity index (χ1) is 14.9. The lowest BCUT2D eigenvalue weighted by atomic mass is 10.1. The predicted octanol–water partition coefficient (Wildman–Crippen LogP) is 4.04. The van der Waals surface area contributed by atoms with Gasteiger partial charge in [-0.25, -0.2) is 0 Å². The number of benzene rings is 2. The van der Waals surface area contributed by atoms with E-state index in [0.29, 0.717) is 52.8 Å². The summed E-state index contributed by atoms with van der Waals surface area (Å²) in [5.74, 6) is -0.0791. The number of halogens is 2. The summed E-state index contributed by atoms with van der Waals surface area (Å²) < 4.78 is 18.0. The fourth-order valence-corrected chi connectivity index (χ4v) is 4.05. The number of rotatable bonds is 6. The number of carboxylic acids is 1. The zero-order valence-corrected chi connectivity index (χ0v) is 18.7. The van der Waals surface area contributed by atoms with Crippen LogP contribution in [0.3, 0.4) is 0 Å². The van der Waals surface area contributed by atoms with Crippen LogP contribution in [-0.4, -0.2) is 54.9 Å². The first-order valence-electron chi connectivity index (χ1n) is 9.64. The van der Waals surface area contributed by atoms with Crippen LogP contribution < -0.4 is 10.2 Å². The van der Waals surface area contributed by atoms with Crippen molar-refractivity contribution in [3.05, 3.63) is 62.2 Å². The number of nitrogens with zero attached hydrogens (tertiary/aromatic N) is 1. The van der Waals surface area contributed by atoms with Gasteiger partial charge in [0.1, 0.15) is 24.2 Å². The van der Waals surface area contributed by atoms with Crippen molar-refractivity contribution in [2.24, 2.45) is 0 Å². The van der Waals surface area contributed by atoms with Crippen molar-refractivity contribution in [2.45, 2.75) is 6.04 Å². The van der Waals surface area contributed by atoms with Crippen LogP contribution in [0.15, 0.2) is 56.1 Å². The number of carbonyl (C=O) groups is 1. The minimum absolute atomic E-state index is 0.153. The van der Waals surface area contributed by atoms with Gasteiger partial charge in [0, 0.05) is 23.6 Å². The Morgan fingerprint density at radius 1 is 1.29 bits per heavy atom. The third-order valence-corrected chi connectivity index (χ3v) is 5.87. The normalized spacial score (nSPS) is 17.0. The van der Waals surface area contributed by atoms with Crippen molar-refractivity contribution >= 4 is 44.5 Å². The largest absolute Gasteiger partial charge is 0.491 e. The van der Waals surface area contributed by atoms with Crippen molar-refractivity contribution in [1.82, 2.24) is 4.90 Å². The molecule has 31 heavy (non-hydrogen) atoms. The lowest BCUT2D eigenvalue weighted by Gasteiger charge is -2.32. The van der Waals surface area contributed by atoms with E-state index in [1.54, 1.807) is 30.3 Å². The maximum absolute atomic E-state index is 12.6. The molecular formula is C22H19BrClNO6. The molecule has 162 valence electrons. The monoisotopic (exact) mass is 507 g/mol. The molecule has 0 bridgehead atoms. The van der Waals surface area contributed by atoms with Crippen LogP contribution in [0.4, 0.5) is 0 Å². The van der Waals surface area contributed by atoms with Crippen molar-refractivity contribution in [2.75, 3.05) is 32.9 Å². The van der Waals surface area contributed by atoms with Crippen LogP contribution in [0.25, 0.3) is 22.3 Å². The lowest BCUT2D eigenvalue weighted by Crippen LogP contribution is -2.51. The average molecular weight is 509 g/mol. The molecule has 3 aromatic rings. The summed E-state index contributed by atoms with van der Waals surface area (Å²) in [7, 11) is 0. The Hall–Kier alpha value is -2.39. The Morgan fingerprint density at radius 3 is 2.94 bits per heavy atom. The molecule has 4 rings (SSSR count). The van der Waals surface area contributed by atoms with E-state index >= 15 is 0 Å². The van der Waals surface area contributed by atoms with Gasteiger partial charge in [0.15, 0.2) is 11.0 Å². The summed E-state index contributed by atoms with van der Waals surface area (Å²) in [6.07, 6.45) is 0. The van der Waals surface area contributed by atoms with Gasteiger partial charge in [0.25, 0.3) is 0 Å². The number of ether oxygens (including phenoxy) is 2. The van der Waals surface area contributed by atoms with Gasteiger partial charge in [-0.2, -0.15) is 0 Å². The van der Waals surface area contributed by atoms with Gasteiger partial charge in [-0.3, -0.25) is 14.5 Å². The molecule has 1 aliphatic rings. The molecule has 2 heterocycles. The quantitative estimate of drug-likeness (QED) is 0.537. The molecule has 0 amide bonds. The third kappa shape index (κ3) is 4.77. The fourth-order valence-electron chi connectivity index (χ4n) is 3.50. The molecule has 0 aliphatic carbocycles. The molecule has 1 atom stereocenters. The number of morpholine rings is 1. The van der Waals surface area contributed by atoms with E-state index < -0.39 is 12.0 Å². The molecule has 1 fully saturated rings. The van der Waals surface area contributed by atoms with E-state index in [0.717, 1.165) is 4.47 Å². The third-order valence-electron chi connectivity index (χ3n) is 5.08. The Kier molecular flexibility index (Phi) is 6.62. The van der Waals surface area contributed by atoms with E-state index in [4.69, 9.17) is 25.5 Å². The predicted molar refractivity (Wildman–Crippen MR) is 120 cm³/mol. The maximum Gasteiger partial charge on any atom is 0.323 e. The first-order valence-corrected chi connectivity index (χ1v) is 10.8. The Balaban J connectivity index is 1.60. The van der Waals surface area contributed by atoms with Gasteiger partial charge in [0.05, 0.1) is 29.2 Å². The molecule has 1 saturated heterocycles. The van der Waals surface area contributed by atoms with Crippen LogP contribution in [0.2, 0.25) is 5.02 Å². The number of para-hydroxylation sites is 1. The second-order valence-corrected chi connectivity index (χ2v) is 8.37. The van der Waals surface area contributed by atoms with E-state index in [1.807, 2.05) is 11.0 Å². The van der Waals surface area contributed by atoms with Crippen LogP contribution in [0.5, 0.6) is 5.75 Å². The lowest BCUT2D eigenvalue weighted by molar-refractivity contribution is -0.149. The first kappa shape index (κ1) is 21.8. The average Bonchev–Trinajstić information content (AvgIpc) is 2.75. The van der Waals surface area contributed by atoms with E-state index in [2.05, 4.69) is 15.9 Å². The molecule has 1 unspecified atom stereocenters. The van der Waals surface area contributed by atoms with E-state index in [-0.39, 0.29) is 18.6 Å². The smallest absolute Gasteiger partial charge is 0.323 e. The maximum atomic E-state index is 12.6. The Bertz CT molecular complexity index is 1180. The second kappa shape index (κ2) is 9.40. The van der Waals surface area contributed by atoms with Crippen LogP contribution in [-0.2, 0) is 9.53 Å². The molecule has 1 aromatic heterocycles. The summed E-state index contributed by atoms with van der Waals surface area (Å²) >= 11 is 9.66. The number of carboxylic acid groups (broad SMARTS) is 1. The van der Waals surface area contributed by atoms with Crippen molar-refractivity contribution in [3.63, 3.8) is 0 Å². The molecule has 1 N–H and O–H groups in total. The number of fused-ring (bicyclic) bond motifs is 1. The number of hydrogen-bond donors (Lipinski definition) is 1. The van der Waals surface area contributed by atoms with Gasteiger partial charge < -0.3 is 19.0 Å². The Morgan fingerprint density at radius 2 is 2.13 bits per heavy atom. The molecule has 9 heteroatoms. The summed E-state index contributed by atoms with van der Waals surface area (Å²) in [6.45, 7) is 1.82. The Labute approximate surface area is 191 Å². The highest BCUT2D eigenvalue weighted by Crippen LogP contribution is 2.34. The zero-order chi connectivity index (χ0) is 22.0. The second-order valence-electron chi connectivity index (χ2n) is 7.05. The molecule has 0 spiro atoms. The highest BCUT2D eigenvalue weighted by atomic mass is 79.9. The van der Waals surface area contributed by atoms with Crippen molar-refractivity contribution in [3.8, 4) is 17.1 Å². The van der Waals surface area contributed by atoms with Gasteiger partial charge in [-0.05, 0) is 30.3 Å². The summed E-state index contributed by atoms with van der Waals surface area (Å²) in [4.78, 5) is 25.8. The van der Waals surface area contributed by atoms with Crippen LogP contribution >= 0.6 is 27.5 Å². The van der Waals surface area contributed by atoms with Crippen LogP contribution in [0, 0.1) is 0 Å². The van der Waals surface area contributed by atoms with Crippen molar-refractivity contribution < 1.29 is 23.8 Å². The standard InChI is InChI=1S/C22H19BrClNO6/c23-13-4-5-15(20-11-18(26)14-2-1-3-16(24)21(14)31-20)19(10-13)30-9-7-25-6-8-29-12-17(25)22(27)28/h1-5,10-11,17H,6-9,12H2,(H,27,28). The minimum atomic E-state index is -0.919. The van der Waals surface area contributed by atoms with E-state index in [1.165, 1.54) is 6.07 Å². The minimum Gasteiger partial charge on any atom is -0.491 e. The molecule has 0 radical (unpaired) electrons. The SMILES string of the molecule is O=C(O)C1COCCN1CCOc1cc(Br)ccc1-c1cc(=O)c2cccc(Cl)c2o1. The molecular weight excluding hydrogens is 490 g/mol. The molecule has 2 aromatic carbocycles. The number of hydrogen-bond acceptors (Lipinski definition) is 6. The van der Waals surface area contributed by atoms with Gasteiger partial charge in [-0.15, -0.1) is 0 Å². The van der Waals surface area contributed by atoms with Gasteiger partial charge >= 0.3 is 5.97 Å². The van der Waals surface area contributed by atoms with Gasteiger partial charge in [-0.1, -0.05) is 33.6 Å². The zero-order valence-electron chi connectivity index (χ0n) is 16.3. The summed E-state index contributed by atoms with van der Waals surface area (Å²) in [5.41, 5.74) is 0.710. The summed E-state index contributed by atoms with van der Waals surface area (Å²) in [5, 5.41) is 10.1. The molecule has 1 aliphatic heterocycles. The van der Waals surface area contributed by atoms with Gasteiger partial charge in [0.2, 0.25) is 0 Å². The summed E-state index contributed by atoms with van der Waals surface area (Å²) in [6, 6.07) is 11.1. The molecule has 7 nitrogen and oxygen atoms in total. The van der Waals surface area contributed by atoms with E-state index in [9.17, 15) is 14.7 Å². The highest BCUT2D eigenvalue weighted by Gasteiger charge is 2.29. The molecule has 0 saturated carbocycles. The van der Waals surface area contributed by atoms with Crippen LogP contribution in [0.1, 0.15) is 0 Å². The van der Waals surface area contributed by atoms with Crippen molar-refractivity contribution in [1.29, 1.82) is 0 Å². The fraction of sp³-hybridized carbons (Fsp3) is 0.273. The number of aliphatic carboxylic acids is 1.